The van der Waals surface area contributed by atoms with Gasteiger partial charge in [-0.05, 0) is 48.9 Å². The summed E-state index contributed by atoms with van der Waals surface area (Å²) < 4.78 is 27.4. The largest absolute Gasteiger partial charge is 0.478 e. The minimum Gasteiger partial charge on any atom is -0.478 e. The molecule has 0 bridgehead atoms. The van der Waals surface area contributed by atoms with E-state index in [1.807, 2.05) is 17.5 Å². The van der Waals surface area contributed by atoms with Crippen LogP contribution in [0.25, 0.3) is 0 Å². The third-order valence-electron chi connectivity index (χ3n) is 3.89. The Kier molecular flexibility index (Phi) is 4.27. The van der Waals surface area contributed by atoms with Gasteiger partial charge in [0.1, 0.15) is 0 Å². The molecule has 0 unspecified atom stereocenters. The van der Waals surface area contributed by atoms with Gasteiger partial charge in [-0.15, -0.1) is 11.3 Å². The second kappa shape index (κ2) is 6.07. The monoisotopic (exact) mass is 351 g/mol. The molecule has 1 aromatic heterocycles. The molecule has 1 saturated carbocycles. The average Bonchev–Trinajstić information content (AvgIpc) is 3.20. The van der Waals surface area contributed by atoms with Crippen molar-refractivity contribution < 1.29 is 18.3 Å². The van der Waals surface area contributed by atoms with E-state index in [-0.39, 0.29) is 16.5 Å². The van der Waals surface area contributed by atoms with Crippen molar-refractivity contribution >= 4 is 27.3 Å². The van der Waals surface area contributed by atoms with Crippen LogP contribution >= 0.6 is 11.3 Å². The molecule has 0 amide bonds. The summed E-state index contributed by atoms with van der Waals surface area (Å²) in [5, 5.41) is 11.1. The normalized spacial score (nSPS) is 15.0. The van der Waals surface area contributed by atoms with Crippen molar-refractivity contribution in [2.45, 2.75) is 37.2 Å². The Morgan fingerprint density at radius 1 is 1.35 bits per heavy atom. The summed E-state index contributed by atoms with van der Waals surface area (Å²) in [4.78, 5) is 12.3. The highest BCUT2D eigenvalue weighted by Gasteiger charge is 2.38. The number of carboxylic acid groups (broad SMARTS) is 1. The van der Waals surface area contributed by atoms with Crippen molar-refractivity contribution in [3.8, 4) is 0 Å². The van der Waals surface area contributed by atoms with E-state index >= 15 is 0 Å². The molecule has 0 radical (unpaired) electrons. The molecule has 1 aromatic carbocycles. The van der Waals surface area contributed by atoms with E-state index < -0.39 is 16.0 Å². The summed E-state index contributed by atoms with van der Waals surface area (Å²) >= 11 is 1.52. The number of hydrogen-bond donors (Lipinski definition) is 1. The van der Waals surface area contributed by atoms with Crippen molar-refractivity contribution in [2.24, 2.45) is 0 Å². The molecule has 2 aromatic rings. The Labute approximate surface area is 139 Å². The first kappa shape index (κ1) is 16.2. The SMILES string of the molecule is Cc1ccc(S(=O)(=O)N(Cc2cccs2)C2CC2)cc1C(=O)O. The van der Waals surface area contributed by atoms with E-state index in [1.165, 1.54) is 27.8 Å². The molecule has 1 aliphatic carbocycles. The van der Waals surface area contributed by atoms with Crippen molar-refractivity contribution in [1.29, 1.82) is 0 Å². The molecule has 1 fully saturated rings. The first-order valence-electron chi connectivity index (χ1n) is 7.28. The number of thiophene rings is 1. The highest BCUT2D eigenvalue weighted by atomic mass is 32.2. The Balaban J connectivity index is 1.98. The third kappa shape index (κ3) is 3.31. The molecular formula is C16H17NO4S2. The number of aryl methyl sites for hydroxylation is 1. The minimum atomic E-state index is -3.71. The number of rotatable bonds is 6. The topological polar surface area (TPSA) is 74.7 Å². The van der Waals surface area contributed by atoms with Crippen LogP contribution in [0, 0.1) is 6.92 Å². The summed E-state index contributed by atoms with van der Waals surface area (Å²) in [5.41, 5.74) is 0.575. The van der Waals surface area contributed by atoms with Crippen LogP contribution in [0.5, 0.6) is 0 Å². The zero-order valence-corrected chi connectivity index (χ0v) is 14.2. The molecule has 0 spiro atoms. The maximum Gasteiger partial charge on any atom is 0.335 e. The summed E-state index contributed by atoms with van der Waals surface area (Å²) in [6, 6.07) is 8.11. The quantitative estimate of drug-likeness (QED) is 0.868. The van der Waals surface area contributed by atoms with Gasteiger partial charge >= 0.3 is 5.97 Å². The maximum atomic E-state index is 13.0. The molecule has 1 N–H and O–H groups in total. The lowest BCUT2D eigenvalue weighted by Gasteiger charge is -2.21. The first-order chi connectivity index (χ1) is 10.9. The van der Waals surface area contributed by atoms with Gasteiger partial charge in [-0.3, -0.25) is 0 Å². The fourth-order valence-corrected chi connectivity index (χ4v) is 4.93. The molecule has 0 aliphatic heterocycles. The van der Waals surface area contributed by atoms with Crippen LogP contribution < -0.4 is 0 Å². The standard InChI is InChI=1S/C16H17NO4S2/c1-11-4-7-14(9-15(11)16(18)19)23(20,21)17(12-5-6-12)10-13-3-2-8-22-13/h2-4,7-9,12H,5-6,10H2,1H3,(H,18,19). The fourth-order valence-electron chi connectivity index (χ4n) is 2.46. The second-order valence-corrected chi connectivity index (χ2v) is 8.57. The van der Waals surface area contributed by atoms with Crippen molar-refractivity contribution in [3.05, 3.63) is 51.7 Å². The van der Waals surface area contributed by atoms with Gasteiger partial charge in [0.25, 0.3) is 0 Å². The Bertz CT molecular complexity index is 824. The van der Waals surface area contributed by atoms with Gasteiger partial charge in [0.2, 0.25) is 10.0 Å². The molecule has 0 atom stereocenters. The summed E-state index contributed by atoms with van der Waals surface area (Å²) in [5.74, 6) is -1.12. The van der Waals surface area contributed by atoms with Crippen LogP contribution in [-0.4, -0.2) is 29.8 Å². The zero-order chi connectivity index (χ0) is 16.6. The Hall–Kier alpha value is -1.70. The Morgan fingerprint density at radius 3 is 2.65 bits per heavy atom. The number of benzene rings is 1. The fraction of sp³-hybridized carbons (Fsp3) is 0.312. The molecule has 7 heteroatoms. The number of aromatic carboxylic acids is 1. The van der Waals surface area contributed by atoms with E-state index in [2.05, 4.69) is 0 Å². The van der Waals surface area contributed by atoms with E-state index in [9.17, 15) is 18.3 Å². The minimum absolute atomic E-state index is 0.0108. The first-order valence-corrected chi connectivity index (χ1v) is 9.60. The van der Waals surface area contributed by atoms with E-state index in [0.29, 0.717) is 12.1 Å². The van der Waals surface area contributed by atoms with Gasteiger partial charge in [-0.2, -0.15) is 4.31 Å². The van der Waals surface area contributed by atoms with E-state index in [1.54, 1.807) is 13.0 Å². The Morgan fingerprint density at radius 2 is 2.09 bits per heavy atom. The van der Waals surface area contributed by atoms with Crippen LogP contribution in [0.4, 0.5) is 0 Å². The molecule has 3 rings (SSSR count). The van der Waals surface area contributed by atoms with Crippen LogP contribution in [-0.2, 0) is 16.6 Å². The van der Waals surface area contributed by atoms with E-state index in [0.717, 1.165) is 17.7 Å². The highest BCUT2D eigenvalue weighted by molar-refractivity contribution is 7.89. The van der Waals surface area contributed by atoms with Crippen LogP contribution in [0.1, 0.15) is 33.6 Å². The lowest BCUT2D eigenvalue weighted by atomic mass is 10.1. The lowest BCUT2D eigenvalue weighted by molar-refractivity contribution is 0.0696. The number of nitrogens with zero attached hydrogens (tertiary/aromatic N) is 1. The van der Waals surface area contributed by atoms with Gasteiger partial charge in [0, 0.05) is 17.5 Å². The number of sulfonamides is 1. The van der Waals surface area contributed by atoms with Gasteiger partial charge in [0.15, 0.2) is 0 Å². The maximum absolute atomic E-state index is 13.0. The van der Waals surface area contributed by atoms with Crippen LogP contribution in [0.2, 0.25) is 0 Å². The second-order valence-electron chi connectivity index (χ2n) is 5.64. The van der Waals surface area contributed by atoms with Crippen molar-refractivity contribution in [2.75, 3.05) is 0 Å². The average molecular weight is 351 g/mol. The smallest absolute Gasteiger partial charge is 0.335 e. The lowest BCUT2D eigenvalue weighted by Crippen LogP contribution is -2.32. The van der Waals surface area contributed by atoms with Crippen molar-refractivity contribution in [1.82, 2.24) is 4.31 Å². The van der Waals surface area contributed by atoms with Crippen LogP contribution in [0.15, 0.2) is 40.6 Å². The van der Waals surface area contributed by atoms with Crippen LogP contribution in [0.3, 0.4) is 0 Å². The number of hydrogen-bond acceptors (Lipinski definition) is 4. The highest BCUT2D eigenvalue weighted by Crippen LogP contribution is 2.34. The van der Waals surface area contributed by atoms with Gasteiger partial charge < -0.3 is 5.11 Å². The molecule has 23 heavy (non-hydrogen) atoms. The summed E-state index contributed by atoms with van der Waals surface area (Å²) in [6.07, 6.45) is 1.70. The predicted octanol–water partition coefficient (Wildman–Crippen LogP) is 3.11. The van der Waals surface area contributed by atoms with Crippen molar-refractivity contribution in [3.63, 3.8) is 0 Å². The number of carboxylic acids is 1. The molecular weight excluding hydrogens is 334 g/mol. The summed E-state index contributed by atoms with van der Waals surface area (Å²) in [7, 11) is -3.71. The van der Waals surface area contributed by atoms with E-state index in [4.69, 9.17) is 0 Å². The molecule has 5 nitrogen and oxygen atoms in total. The molecule has 1 aliphatic rings. The van der Waals surface area contributed by atoms with Gasteiger partial charge in [-0.1, -0.05) is 12.1 Å². The molecule has 122 valence electrons. The zero-order valence-electron chi connectivity index (χ0n) is 12.6. The number of carbonyl (C=O) groups is 1. The molecule has 0 saturated heterocycles. The third-order valence-corrected chi connectivity index (χ3v) is 6.65. The van der Waals surface area contributed by atoms with Gasteiger partial charge in [-0.25, -0.2) is 13.2 Å². The summed E-state index contributed by atoms with van der Waals surface area (Å²) in [6.45, 7) is 1.99. The molecule has 1 heterocycles. The predicted molar refractivity (Wildman–Crippen MR) is 88.2 cm³/mol. The van der Waals surface area contributed by atoms with Gasteiger partial charge in [0.05, 0.1) is 10.5 Å².